The summed E-state index contributed by atoms with van der Waals surface area (Å²) in [6.07, 6.45) is 3.03. The van der Waals surface area contributed by atoms with E-state index in [2.05, 4.69) is 27.6 Å². The molecule has 0 bridgehead atoms. The predicted octanol–water partition coefficient (Wildman–Crippen LogP) is 1.80. The number of nitrogens with zero attached hydrogens (tertiary/aromatic N) is 3. The van der Waals surface area contributed by atoms with Crippen molar-refractivity contribution in [3.05, 3.63) is 40.9 Å². The highest BCUT2D eigenvalue weighted by molar-refractivity contribution is 7.15. The molecule has 3 N–H and O–H groups in total. The monoisotopic (exact) mass is 345 g/mol. The van der Waals surface area contributed by atoms with Gasteiger partial charge < -0.3 is 10.6 Å². The van der Waals surface area contributed by atoms with E-state index in [0.717, 1.165) is 24.3 Å². The first-order valence-corrected chi connectivity index (χ1v) is 8.68. The molecule has 0 unspecified atom stereocenters. The van der Waals surface area contributed by atoms with Crippen LogP contribution in [0.15, 0.2) is 30.3 Å². The largest absolute Gasteiger partial charge is 0.368 e. The van der Waals surface area contributed by atoms with Crippen molar-refractivity contribution < 1.29 is 9.59 Å². The third-order valence-electron chi connectivity index (χ3n) is 3.99. The third kappa shape index (κ3) is 3.88. The van der Waals surface area contributed by atoms with E-state index in [1.54, 1.807) is 0 Å². The number of nitrogens with one attached hydrogen (secondary N) is 1. The van der Waals surface area contributed by atoms with E-state index in [4.69, 9.17) is 5.73 Å². The number of aromatic nitrogens is 2. The Labute approximate surface area is 143 Å². The quantitative estimate of drug-likeness (QED) is 0.863. The minimum atomic E-state index is -0.532. The lowest BCUT2D eigenvalue weighted by molar-refractivity contribution is -0.121. The molecule has 2 heterocycles. The van der Waals surface area contributed by atoms with Crippen LogP contribution in [0.3, 0.4) is 0 Å². The van der Waals surface area contributed by atoms with Crippen LogP contribution >= 0.6 is 11.3 Å². The molecule has 3 rings (SSSR count). The van der Waals surface area contributed by atoms with E-state index < -0.39 is 11.9 Å². The highest BCUT2D eigenvalue weighted by Gasteiger charge is 2.33. The van der Waals surface area contributed by atoms with Crippen LogP contribution in [0.1, 0.15) is 23.4 Å². The number of carbonyl (C=O) groups excluding carboxylic acids is 2. The van der Waals surface area contributed by atoms with Gasteiger partial charge in [0.1, 0.15) is 11.0 Å². The number of likely N-dealkylation sites (tertiary alicyclic amines) is 1. The predicted molar refractivity (Wildman–Crippen MR) is 91.7 cm³/mol. The van der Waals surface area contributed by atoms with Gasteiger partial charge in [-0.05, 0) is 24.8 Å². The lowest BCUT2D eigenvalue weighted by atomic mass is 10.1. The van der Waals surface area contributed by atoms with E-state index >= 15 is 0 Å². The number of amides is 3. The summed E-state index contributed by atoms with van der Waals surface area (Å²) in [4.78, 5) is 25.1. The van der Waals surface area contributed by atoms with E-state index in [0.29, 0.717) is 18.1 Å². The lowest BCUT2D eigenvalue weighted by Gasteiger charge is -2.21. The summed E-state index contributed by atoms with van der Waals surface area (Å²) < 4.78 is 0. The van der Waals surface area contributed by atoms with Crippen molar-refractivity contribution in [2.24, 2.45) is 5.73 Å². The van der Waals surface area contributed by atoms with Gasteiger partial charge in [0.2, 0.25) is 11.0 Å². The molecule has 126 valence electrons. The zero-order chi connectivity index (χ0) is 16.9. The smallest absolute Gasteiger partial charge is 0.324 e. The van der Waals surface area contributed by atoms with Gasteiger partial charge in [0.25, 0.3) is 0 Å². The minimum Gasteiger partial charge on any atom is -0.368 e. The summed E-state index contributed by atoms with van der Waals surface area (Å²) in [5.41, 5.74) is 6.57. The van der Waals surface area contributed by atoms with Crippen molar-refractivity contribution >= 4 is 28.4 Å². The van der Waals surface area contributed by atoms with Crippen molar-refractivity contribution in [1.29, 1.82) is 0 Å². The van der Waals surface area contributed by atoms with Crippen LogP contribution in [0.5, 0.6) is 0 Å². The Bertz CT molecular complexity index is 718. The Kier molecular flexibility index (Phi) is 5.05. The van der Waals surface area contributed by atoms with Gasteiger partial charge in [0, 0.05) is 13.0 Å². The summed E-state index contributed by atoms with van der Waals surface area (Å²) in [6.45, 7) is 0.527. The second kappa shape index (κ2) is 7.39. The standard InChI is InChI=1S/C16H19N5O2S/c17-14(22)12-7-4-10-21(12)16(23)18-15-20-19-13(24-15)9-8-11-5-2-1-3-6-11/h1-3,5-6,12H,4,7-10H2,(H2,17,22)(H,18,20,23)/t12-/m0/s1. The average molecular weight is 345 g/mol. The van der Waals surface area contributed by atoms with Gasteiger partial charge in [-0.3, -0.25) is 10.1 Å². The second-order valence-corrected chi connectivity index (χ2v) is 6.73. The maximum atomic E-state index is 12.3. The number of urea groups is 1. The van der Waals surface area contributed by atoms with E-state index in [1.807, 2.05) is 18.2 Å². The van der Waals surface area contributed by atoms with Crippen molar-refractivity contribution in [1.82, 2.24) is 15.1 Å². The molecule has 1 aliphatic rings. The number of aryl methyl sites for hydroxylation is 2. The normalized spacial score (nSPS) is 17.0. The summed E-state index contributed by atoms with van der Waals surface area (Å²) in [7, 11) is 0. The highest BCUT2D eigenvalue weighted by Crippen LogP contribution is 2.21. The lowest BCUT2D eigenvalue weighted by Crippen LogP contribution is -2.45. The molecule has 24 heavy (non-hydrogen) atoms. The molecule has 1 atom stereocenters. The molecule has 7 nitrogen and oxygen atoms in total. The Balaban J connectivity index is 1.56. The Morgan fingerprint density at radius 2 is 2.04 bits per heavy atom. The van der Waals surface area contributed by atoms with Gasteiger partial charge in [0.05, 0.1) is 0 Å². The molecule has 1 aromatic carbocycles. The first kappa shape index (κ1) is 16.4. The number of hydrogen-bond donors (Lipinski definition) is 2. The molecule has 8 heteroatoms. The van der Waals surface area contributed by atoms with Crippen LogP contribution in [0.4, 0.5) is 9.93 Å². The van der Waals surface area contributed by atoms with E-state index in [1.165, 1.54) is 21.8 Å². The van der Waals surface area contributed by atoms with E-state index in [9.17, 15) is 9.59 Å². The fourth-order valence-electron chi connectivity index (χ4n) is 2.77. The fourth-order valence-corrected chi connectivity index (χ4v) is 3.50. The molecule has 3 amide bonds. The van der Waals surface area contributed by atoms with Crippen molar-refractivity contribution in [3.8, 4) is 0 Å². The Morgan fingerprint density at radius 1 is 1.25 bits per heavy atom. The van der Waals surface area contributed by atoms with Crippen LogP contribution < -0.4 is 11.1 Å². The first-order chi connectivity index (χ1) is 11.6. The molecule has 0 spiro atoms. The van der Waals surface area contributed by atoms with Gasteiger partial charge >= 0.3 is 6.03 Å². The zero-order valence-corrected chi connectivity index (χ0v) is 14.0. The highest BCUT2D eigenvalue weighted by atomic mass is 32.1. The average Bonchev–Trinajstić information content (AvgIpc) is 3.23. The molecule has 2 aromatic rings. The number of anilines is 1. The molecule has 1 saturated heterocycles. The zero-order valence-electron chi connectivity index (χ0n) is 13.1. The number of hydrogen-bond acceptors (Lipinski definition) is 5. The maximum absolute atomic E-state index is 12.3. The van der Waals surface area contributed by atoms with Crippen LogP contribution in [0.2, 0.25) is 0 Å². The summed E-state index contributed by atoms with van der Waals surface area (Å²) in [6, 6.07) is 9.26. The van der Waals surface area contributed by atoms with Gasteiger partial charge in [0.15, 0.2) is 0 Å². The SMILES string of the molecule is NC(=O)[C@@H]1CCCN1C(=O)Nc1nnc(CCc2ccccc2)s1. The van der Waals surface area contributed by atoms with Gasteiger partial charge in [-0.25, -0.2) is 4.79 Å². The van der Waals surface area contributed by atoms with Gasteiger partial charge in [-0.1, -0.05) is 41.7 Å². The van der Waals surface area contributed by atoms with E-state index in [-0.39, 0.29) is 6.03 Å². The molecule has 1 aliphatic heterocycles. The number of benzene rings is 1. The number of nitrogens with two attached hydrogens (primary N) is 1. The molecule has 0 aliphatic carbocycles. The summed E-state index contributed by atoms with van der Waals surface area (Å²) in [5.74, 6) is -0.469. The van der Waals surface area contributed by atoms with Crippen LogP contribution in [0, 0.1) is 0 Å². The number of carbonyl (C=O) groups is 2. The molecular formula is C16H19N5O2S. The van der Waals surface area contributed by atoms with Crippen LogP contribution in [-0.4, -0.2) is 39.6 Å². The fraction of sp³-hybridized carbons (Fsp3) is 0.375. The van der Waals surface area contributed by atoms with Crippen molar-refractivity contribution in [2.75, 3.05) is 11.9 Å². The first-order valence-electron chi connectivity index (χ1n) is 7.87. The molecule has 0 radical (unpaired) electrons. The third-order valence-corrected chi connectivity index (χ3v) is 4.89. The van der Waals surface area contributed by atoms with Gasteiger partial charge in [-0.2, -0.15) is 0 Å². The Hall–Kier alpha value is -2.48. The van der Waals surface area contributed by atoms with Crippen molar-refractivity contribution in [2.45, 2.75) is 31.7 Å². The maximum Gasteiger partial charge on any atom is 0.324 e. The van der Waals surface area contributed by atoms with Gasteiger partial charge in [-0.15, -0.1) is 10.2 Å². The topological polar surface area (TPSA) is 101 Å². The van der Waals surface area contributed by atoms with Crippen molar-refractivity contribution in [3.63, 3.8) is 0 Å². The second-order valence-electron chi connectivity index (χ2n) is 5.67. The summed E-state index contributed by atoms with van der Waals surface area (Å²) >= 11 is 1.35. The minimum absolute atomic E-state index is 0.345. The molecular weight excluding hydrogens is 326 g/mol. The number of primary amides is 1. The van der Waals surface area contributed by atoms with Crippen LogP contribution in [0.25, 0.3) is 0 Å². The molecule has 1 aromatic heterocycles. The Morgan fingerprint density at radius 3 is 2.79 bits per heavy atom. The molecule has 1 fully saturated rings. The number of rotatable bonds is 5. The van der Waals surface area contributed by atoms with Crippen LogP contribution in [-0.2, 0) is 17.6 Å². The summed E-state index contributed by atoms with van der Waals surface area (Å²) in [5, 5.41) is 12.1. The molecule has 0 saturated carbocycles.